The Bertz CT molecular complexity index is 1270. The minimum absolute atomic E-state index is 0.0945. The summed E-state index contributed by atoms with van der Waals surface area (Å²) in [5.74, 6) is 0.749. The highest BCUT2D eigenvalue weighted by molar-refractivity contribution is 5.92. The summed E-state index contributed by atoms with van der Waals surface area (Å²) in [6.07, 6.45) is 6.26. The topological polar surface area (TPSA) is 122 Å². The van der Waals surface area contributed by atoms with E-state index in [2.05, 4.69) is 31.0 Å². The molecule has 34 heavy (non-hydrogen) atoms. The Morgan fingerprint density at radius 1 is 1.24 bits per heavy atom. The molecule has 0 saturated carbocycles. The second kappa shape index (κ2) is 8.97. The van der Waals surface area contributed by atoms with E-state index >= 15 is 0 Å². The van der Waals surface area contributed by atoms with Crippen LogP contribution in [0, 0.1) is 11.3 Å². The molecule has 11 nitrogen and oxygen atoms in total. The second-order valence-corrected chi connectivity index (χ2v) is 8.29. The molecule has 3 aromatic rings. The van der Waals surface area contributed by atoms with Gasteiger partial charge in [-0.2, -0.15) is 10.4 Å². The summed E-state index contributed by atoms with van der Waals surface area (Å²) in [6.45, 7) is 2.35. The van der Waals surface area contributed by atoms with Gasteiger partial charge in [-0.25, -0.2) is 15.0 Å². The molecule has 0 spiro atoms. The maximum atomic E-state index is 12.7. The van der Waals surface area contributed by atoms with Crippen molar-refractivity contribution in [1.29, 1.82) is 5.26 Å². The lowest BCUT2D eigenvalue weighted by Crippen LogP contribution is -2.33. The number of nitrogens with zero attached hydrogens (tertiary/aromatic N) is 8. The van der Waals surface area contributed by atoms with E-state index in [1.807, 2.05) is 0 Å². The number of pyridine rings is 1. The molecule has 0 aromatic carbocycles. The molecule has 0 aliphatic carbocycles. The average molecular weight is 460 g/mol. The number of methoxy groups -OCH3 is 1. The van der Waals surface area contributed by atoms with E-state index in [4.69, 9.17) is 9.47 Å². The zero-order chi connectivity index (χ0) is 23.7. The first-order chi connectivity index (χ1) is 16.6. The van der Waals surface area contributed by atoms with Crippen LogP contribution in [0.4, 0.5) is 5.69 Å². The predicted molar refractivity (Wildman–Crippen MR) is 120 cm³/mol. The summed E-state index contributed by atoms with van der Waals surface area (Å²) < 4.78 is 13.1. The van der Waals surface area contributed by atoms with Gasteiger partial charge in [0, 0.05) is 39.2 Å². The molecule has 2 aliphatic rings. The van der Waals surface area contributed by atoms with Crippen molar-refractivity contribution in [2.45, 2.75) is 25.5 Å². The number of hydrogen-bond donors (Lipinski definition) is 0. The van der Waals surface area contributed by atoms with Gasteiger partial charge in [-0.05, 0) is 12.1 Å². The largest absolute Gasteiger partial charge is 0.480 e. The molecule has 1 amide bonds. The van der Waals surface area contributed by atoms with E-state index in [1.54, 1.807) is 41.2 Å². The number of fused-ring (bicyclic) bond motifs is 1. The third kappa shape index (κ3) is 4.10. The number of anilines is 1. The van der Waals surface area contributed by atoms with Crippen molar-refractivity contribution in [1.82, 2.24) is 29.6 Å². The number of aromatic nitrogens is 5. The van der Waals surface area contributed by atoms with Crippen molar-refractivity contribution in [3.63, 3.8) is 0 Å². The number of amides is 1. The van der Waals surface area contributed by atoms with Crippen LogP contribution >= 0.6 is 0 Å². The summed E-state index contributed by atoms with van der Waals surface area (Å²) in [5, 5.41) is 13.6. The Labute approximate surface area is 196 Å². The van der Waals surface area contributed by atoms with Gasteiger partial charge in [0.25, 0.3) is 5.91 Å². The molecule has 11 heteroatoms. The van der Waals surface area contributed by atoms with E-state index in [0.717, 1.165) is 36.3 Å². The SMILES string of the molecule is COc1ncc(N2CCc3ncnc(OC4CCN(C(=O)c5ccn(C)n5)C4)c3C2)cc1C#N. The van der Waals surface area contributed by atoms with Crippen molar-refractivity contribution in [3.8, 4) is 17.8 Å². The fourth-order valence-electron chi connectivity index (χ4n) is 4.35. The minimum atomic E-state index is -0.158. The molecular formula is C23H24N8O3. The average Bonchev–Trinajstić information content (AvgIpc) is 3.52. The number of carbonyl (C=O) groups excluding carboxylic acids is 1. The number of carbonyl (C=O) groups is 1. The van der Waals surface area contributed by atoms with Gasteiger partial charge in [-0.3, -0.25) is 9.48 Å². The summed E-state index contributed by atoms with van der Waals surface area (Å²) in [4.78, 5) is 29.7. The van der Waals surface area contributed by atoms with Crippen LogP contribution in [0.15, 0.2) is 30.9 Å². The first-order valence-corrected chi connectivity index (χ1v) is 11.0. The van der Waals surface area contributed by atoms with Crippen LogP contribution in [0.1, 0.15) is 33.7 Å². The Kier molecular flexibility index (Phi) is 5.71. The lowest BCUT2D eigenvalue weighted by molar-refractivity contribution is 0.0764. The first-order valence-electron chi connectivity index (χ1n) is 11.0. The zero-order valence-corrected chi connectivity index (χ0v) is 19.0. The molecule has 5 rings (SSSR count). The third-order valence-electron chi connectivity index (χ3n) is 6.12. The number of ether oxygens (including phenoxy) is 2. The van der Waals surface area contributed by atoms with Crippen LogP contribution in [0.2, 0.25) is 0 Å². The summed E-state index contributed by atoms with van der Waals surface area (Å²) in [7, 11) is 3.28. The van der Waals surface area contributed by atoms with E-state index in [-0.39, 0.29) is 12.0 Å². The normalized spacial score (nSPS) is 17.3. The van der Waals surface area contributed by atoms with Gasteiger partial charge in [0.15, 0.2) is 0 Å². The monoisotopic (exact) mass is 460 g/mol. The smallest absolute Gasteiger partial charge is 0.274 e. The van der Waals surface area contributed by atoms with Gasteiger partial charge in [-0.1, -0.05) is 0 Å². The van der Waals surface area contributed by atoms with Gasteiger partial charge in [0.1, 0.15) is 29.8 Å². The first kappa shape index (κ1) is 21.6. The Hall–Kier alpha value is -4.20. The van der Waals surface area contributed by atoms with Crippen molar-refractivity contribution in [2.24, 2.45) is 7.05 Å². The molecule has 3 aromatic heterocycles. The Balaban J connectivity index is 1.31. The van der Waals surface area contributed by atoms with Crippen LogP contribution in [0.25, 0.3) is 0 Å². The van der Waals surface area contributed by atoms with Gasteiger partial charge in [0.2, 0.25) is 11.8 Å². The van der Waals surface area contributed by atoms with Crippen LogP contribution in [0.3, 0.4) is 0 Å². The molecule has 0 N–H and O–H groups in total. The van der Waals surface area contributed by atoms with E-state index in [0.29, 0.717) is 42.7 Å². The molecule has 1 unspecified atom stereocenters. The number of nitriles is 1. The third-order valence-corrected chi connectivity index (χ3v) is 6.12. The van der Waals surface area contributed by atoms with Crippen molar-refractivity contribution in [2.75, 3.05) is 31.6 Å². The number of hydrogen-bond acceptors (Lipinski definition) is 9. The highest BCUT2D eigenvalue weighted by Gasteiger charge is 2.31. The second-order valence-electron chi connectivity index (χ2n) is 8.29. The molecule has 1 atom stereocenters. The molecule has 0 radical (unpaired) electrons. The highest BCUT2D eigenvalue weighted by atomic mass is 16.5. The minimum Gasteiger partial charge on any atom is -0.480 e. The van der Waals surface area contributed by atoms with Crippen molar-refractivity contribution < 1.29 is 14.3 Å². The highest BCUT2D eigenvalue weighted by Crippen LogP contribution is 2.31. The maximum Gasteiger partial charge on any atom is 0.274 e. The lowest BCUT2D eigenvalue weighted by Gasteiger charge is -2.31. The fourth-order valence-corrected chi connectivity index (χ4v) is 4.35. The zero-order valence-electron chi connectivity index (χ0n) is 19.0. The van der Waals surface area contributed by atoms with Crippen LogP contribution in [0.5, 0.6) is 11.8 Å². The van der Waals surface area contributed by atoms with Crippen molar-refractivity contribution >= 4 is 11.6 Å². The molecule has 1 saturated heterocycles. The summed E-state index contributed by atoms with van der Waals surface area (Å²) in [5.41, 5.74) is 3.50. The summed E-state index contributed by atoms with van der Waals surface area (Å²) >= 11 is 0. The number of likely N-dealkylation sites (tertiary alicyclic amines) is 1. The molecule has 174 valence electrons. The van der Waals surface area contributed by atoms with Gasteiger partial charge in [-0.15, -0.1) is 0 Å². The molecule has 1 fully saturated rings. The van der Waals surface area contributed by atoms with Gasteiger partial charge >= 0.3 is 0 Å². The Morgan fingerprint density at radius 3 is 2.88 bits per heavy atom. The van der Waals surface area contributed by atoms with Crippen LogP contribution < -0.4 is 14.4 Å². The molecule has 2 aliphatic heterocycles. The quantitative estimate of drug-likeness (QED) is 0.555. The van der Waals surface area contributed by atoms with Gasteiger partial charge < -0.3 is 19.3 Å². The molecular weight excluding hydrogens is 436 g/mol. The standard InChI is InChI=1S/C23H24N8O3/c1-29-6-4-20(28-29)23(32)31-7-3-17(12-31)34-22-18-13-30(8-5-19(18)26-14-27-22)16-9-15(10-24)21(33-2)25-11-16/h4,6,9,11,14,17H,3,5,7-8,12-13H2,1-2H3. The number of aryl methyl sites for hydroxylation is 1. The lowest BCUT2D eigenvalue weighted by atomic mass is 10.1. The fraction of sp³-hybridized carbons (Fsp3) is 0.391. The number of rotatable bonds is 5. The van der Waals surface area contributed by atoms with E-state index in [9.17, 15) is 10.1 Å². The maximum absolute atomic E-state index is 12.7. The van der Waals surface area contributed by atoms with Gasteiger partial charge in [0.05, 0.1) is 43.3 Å². The van der Waals surface area contributed by atoms with E-state index < -0.39 is 0 Å². The molecule has 0 bridgehead atoms. The predicted octanol–water partition coefficient (Wildman–Crippen LogP) is 1.34. The molecule has 5 heterocycles. The van der Waals surface area contributed by atoms with Crippen LogP contribution in [-0.4, -0.2) is 68.4 Å². The van der Waals surface area contributed by atoms with Crippen molar-refractivity contribution in [3.05, 3.63) is 53.4 Å². The van der Waals surface area contributed by atoms with Crippen LogP contribution in [-0.2, 0) is 20.0 Å². The Morgan fingerprint density at radius 2 is 2.12 bits per heavy atom. The summed E-state index contributed by atoms with van der Waals surface area (Å²) in [6, 6.07) is 5.63. The van der Waals surface area contributed by atoms with E-state index in [1.165, 1.54) is 13.4 Å².